The maximum absolute atomic E-state index is 13.8. The highest BCUT2D eigenvalue weighted by molar-refractivity contribution is 6.30. The lowest BCUT2D eigenvalue weighted by Crippen LogP contribution is -2.30. The summed E-state index contributed by atoms with van der Waals surface area (Å²) in [4.78, 5) is 13.7. The first-order valence-corrected chi connectivity index (χ1v) is 8.58. The summed E-state index contributed by atoms with van der Waals surface area (Å²) in [7, 11) is 0. The van der Waals surface area contributed by atoms with Gasteiger partial charge >= 0.3 is 6.18 Å². The van der Waals surface area contributed by atoms with Crippen LogP contribution in [0.1, 0.15) is 30.5 Å². The van der Waals surface area contributed by atoms with E-state index in [0.717, 1.165) is 18.2 Å². The van der Waals surface area contributed by atoms with Gasteiger partial charge in [-0.3, -0.25) is 4.79 Å². The average Bonchev–Trinajstić information content (AvgIpc) is 3.01. The predicted octanol–water partition coefficient (Wildman–Crippen LogP) is 5.66. The van der Waals surface area contributed by atoms with Gasteiger partial charge in [0.05, 0.1) is 12.0 Å². The van der Waals surface area contributed by atoms with Crippen LogP contribution in [-0.2, 0) is 23.8 Å². The molecule has 26 heavy (non-hydrogen) atoms. The lowest BCUT2D eigenvalue weighted by molar-refractivity contribution is -0.137. The zero-order valence-corrected chi connectivity index (χ0v) is 15.1. The number of carbonyl (C=O) groups is 1. The molecular formula is C19H18ClF4NO. The summed E-state index contributed by atoms with van der Waals surface area (Å²) in [6, 6.07) is 7.33. The molecule has 140 valence electrons. The van der Waals surface area contributed by atoms with Gasteiger partial charge in [-0.1, -0.05) is 37.6 Å². The number of anilines is 1. The van der Waals surface area contributed by atoms with E-state index in [1.165, 1.54) is 23.1 Å². The van der Waals surface area contributed by atoms with Crippen LogP contribution in [0.5, 0.6) is 0 Å². The van der Waals surface area contributed by atoms with Crippen LogP contribution in [0.3, 0.4) is 0 Å². The first kappa shape index (κ1) is 20.2. The summed E-state index contributed by atoms with van der Waals surface area (Å²) < 4.78 is 52.4. The number of nitrogens with zero attached hydrogens (tertiary/aromatic N) is 1. The summed E-state index contributed by atoms with van der Waals surface area (Å²) in [6.45, 7) is 4.28. The number of halogens is 5. The van der Waals surface area contributed by atoms with Crippen molar-refractivity contribution in [3.05, 3.63) is 63.9 Å². The Labute approximate surface area is 154 Å². The minimum Gasteiger partial charge on any atom is -0.312 e. The third-order valence-corrected chi connectivity index (χ3v) is 4.20. The van der Waals surface area contributed by atoms with E-state index in [-0.39, 0.29) is 29.2 Å². The molecule has 0 fully saturated rings. The normalized spacial score (nSPS) is 13.1. The molecule has 0 aromatic heterocycles. The van der Waals surface area contributed by atoms with Gasteiger partial charge in [0.25, 0.3) is 0 Å². The average molecular weight is 388 g/mol. The van der Waals surface area contributed by atoms with Gasteiger partial charge in [0.15, 0.2) is 0 Å². The molecule has 0 unspecified atom stereocenters. The SMILES string of the molecule is CC.O=C(Cc1ccc(Cl)cc1F)N1CCc2ccc(C(F)(F)F)cc21. The number of hydrogen-bond acceptors (Lipinski definition) is 1. The molecule has 0 radical (unpaired) electrons. The Morgan fingerprint density at radius 3 is 2.46 bits per heavy atom. The summed E-state index contributed by atoms with van der Waals surface area (Å²) in [5.74, 6) is -1.06. The standard InChI is InChI=1S/C17H12ClF4NO.C2H6/c18-13-4-2-11(14(19)9-13)7-16(24)23-6-5-10-1-3-12(8-15(10)23)17(20,21)22;1-2/h1-4,8-9H,5-7H2;1-2H3. The highest BCUT2D eigenvalue weighted by Crippen LogP contribution is 2.36. The number of carbonyl (C=O) groups excluding carboxylic acids is 1. The Bertz CT molecular complexity index is 805. The minimum absolute atomic E-state index is 0.157. The van der Waals surface area contributed by atoms with Crippen molar-refractivity contribution in [3.8, 4) is 0 Å². The lowest BCUT2D eigenvalue weighted by Gasteiger charge is -2.19. The van der Waals surface area contributed by atoms with Crippen molar-refractivity contribution in [1.82, 2.24) is 0 Å². The molecule has 0 spiro atoms. The molecule has 3 rings (SSSR count). The number of alkyl halides is 3. The fourth-order valence-corrected chi connectivity index (χ4v) is 2.90. The molecule has 7 heteroatoms. The second-order valence-electron chi connectivity index (χ2n) is 5.55. The topological polar surface area (TPSA) is 20.3 Å². The highest BCUT2D eigenvalue weighted by Gasteiger charge is 2.33. The Kier molecular flexibility index (Phi) is 6.29. The molecule has 1 heterocycles. The van der Waals surface area contributed by atoms with Crippen molar-refractivity contribution in [2.75, 3.05) is 11.4 Å². The second-order valence-corrected chi connectivity index (χ2v) is 5.99. The van der Waals surface area contributed by atoms with Gasteiger partial charge in [-0.25, -0.2) is 4.39 Å². The Morgan fingerprint density at radius 2 is 1.85 bits per heavy atom. The molecular weight excluding hydrogens is 370 g/mol. The molecule has 1 amide bonds. The fraction of sp³-hybridized carbons (Fsp3) is 0.316. The summed E-state index contributed by atoms with van der Waals surface area (Å²) in [5, 5.41) is 0.213. The molecule has 1 aliphatic heterocycles. The van der Waals surface area contributed by atoms with E-state index in [2.05, 4.69) is 0 Å². The van der Waals surface area contributed by atoms with Crippen LogP contribution in [0.4, 0.5) is 23.2 Å². The van der Waals surface area contributed by atoms with Crippen molar-refractivity contribution in [1.29, 1.82) is 0 Å². The van der Waals surface area contributed by atoms with Crippen LogP contribution in [-0.4, -0.2) is 12.5 Å². The first-order valence-electron chi connectivity index (χ1n) is 8.20. The third-order valence-electron chi connectivity index (χ3n) is 3.97. The Balaban J connectivity index is 0.00000117. The number of hydrogen-bond donors (Lipinski definition) is 0. The molecule has 2 aromatic rings. The van der Waals surface area contributed by atoms with E-state index in [1.807, 2.05) is 13.8 Å². The van der Waals surface area contributed by atoms with E-state index < -0.39 is 23.5 Å². The van der Waals surface area contributed by atoms with Crippen LogP contribution in [0.25, 0.3) is 0 Å². The van der Waals surface area contributed by atoms with E-state index >= 15 is 0 Å². The second kappa shape index (κ2) is 8.08. The van der Waals surface area contributed by atoms with E-state index in [4.69, 9.17) is 11.6 Å². The zero-order chi connectivity index (χ0) is 19.5. The number of fused-ring (bicyclic) bond motifs is 1. The van der Waals surface area contributed by atoms with Crippen molar-refractivity contribution in [3.63, 3.8) is 0 Å². The van der Waals surface area contributed by atoms with E-state index in [0.29, 0.717) is 12.0 Å². The van der Waals surface area contributed by atoms with Crippen LogP contribution < -0.4 is 4.90 Å². The van der Waals surface area contributed by atoms with Crippen LogP contribution >= 0.6 is 11.6 Å². The van der Waals surface area contributed by atoms with Crippen molar-refractivity contribution >= 4 is 23.2 Å². The minimum atomic E-state index is -4.48. The fourth-order valence-electron chi connectivity index (χ4n) is 2.74. The number of rotatable bonds is 2. The number of amides is 1. The molecule has 0 aliphatic carbocycles. The van der Waals surface area contributed by atoms with Crippen molar-refractivity contribution in [2.24, 2.45) is 0 Å². The molecule has 1 aliphatic rings. The summed E-state index contributed by atoms with van der Waals surface area (Å²) >= 11 is 5.67. The third kappa shape index (κ3) is 4.36. The van der Waals surface area contributed by atoms with Gasteiger partial charge < -0.3 is 4.90 Å². The van der Waals surface area contributed by atoms with Gasteiger partial charge in [0.2, 0.25) is 5.91 Å². The van der Waals surface area contributed by atoms with Gasteiger partial charge in [-0.2, -0.15) is 13.2 Å². The molecule has 0 saturated heterocycles. The number of benzene rings is 2. The zero-order valence-electron chi connectivity index (χ0n) is 14.3. The largest absolute Gasteiger partial charge is 0.416 e. The summed E-state index contributed by atoms with van der Waals surface area (Å²) in [6.07, 6.45) is -4.24. The molecule has 2 nitrogen and oxygen atoms in total. The monoisotopic (exact) mass is 387 g/mol. The van der Waals surface area contributed by atoms with E-state index in [1.54, 1.807) is 0 Å². The predicted molar refractivity (Wildman–Crippen MR) is 94.0 cm³/mol. The molecule has 0 atom stereocenters. The van der Waals surface area contributed by atoms with Crippen molar-refractivity contribution in [2.45, 2.75) is 32.9 Å². The highest BCUT2D eigenvalue weighted by atomic mass is 35.5. The van der Waals surface area contributed by atoms with Crippen LogP contribution in [0.2, 0.25) is 5.02 Å². The molecule has 0 bridgehead atoms. The lowest BCUT2D eigenvalue weighted by atomic mass is 10.1. The van der Waals surface area contributed by atoms with Gasteiger partial charge in [0.1, 0.15) is 5.82 Å². The van der Waals surface area contributed by atoms with Crippen molar-refractivity contribution < 1.29 is 22.4 Å². The van der Waals surface area contributed by atoms with Crippen LogP contribution in [0, 0.1) is 5.82 Å². The smallest absolute Gasteiger partial charge is 0.312 e. The molecule has 2 aromatic carbocycles. The Hall–Kier alpha value is -2.08. The first-order chi connectivity index (χ1) is 12.3. The molecule has 0 saturated carbocycles. The van der Waals surface area contributed by atoms with Gasteiger partial charge in [-0.05, 0) is 41.8 Å². The van der Waals surface area contributed by atoms with Gasteiger partial charge in [-0.15, -0.1) is 0 Å². The van der Waals surface area contributed by atoms with Gasteiger partial charge in [0, 0.05) is 17.3 Å². The maximum atomic E-state index is 13.8. The summed E-state index contributed by atoms with van der Waals surface area (Å²) in [5.41, 5.74) is 0.264. The Morgan fingerprint density at radius 1 is 1.15 bits per heavy atom. The maximum Gasteiger partial charge on any atom is 0.416 e. The quantitative estimate of drug-likeness (QED) is 0.609. The van der Waals surface area contributed by atoms with Crippen LogP contribution in [0.15, 0.2) is 36.4 Å². The molecule has 0 N–H and O–H groups in total. The van der Waals surface area contributed by atoms with E-state index in [9.17, 15) is 22.4 Å².